The van der Waals surface area contributed by atoms with Crippen LogP contribution >= 0.6 is 34.2 Å². The largest absolute Gasteiger partial charge is 0.324 e. The molecule has 2 rings (SSSR count). The molecule has 1 nitrogen and oxygen atoms in total. The molecule has 0 spiro atoms. The van der Waals surface area contributed by atoms with Crippen LogP contribution in [0, 0.1) is 10.5 Å². The van der Waals surface area contributed by atoms with Crippen LogP contribution in [0.3, 0.4) is 0 Å². The summed E-state index contributed by atoms with van der Waals surface area (Å²) < 4.78 is 1.16. The van der Waals surface area contributed by atoms with Gasteiger partial charge in [0, 0.05) is 14.6 Å². The number of halogens is 2. The van der Waals surface area contributed by atoms with E-state index < -0.39 is 0 Å². The Morgan fingerprint density at radius 3 is 2.67 bits per heavy atom. The standard InChI is InChI=1S/C15H15ClIN/c1-10-4-2-3-5-11(10)8-15(18)13-9-12(16)6-7-14(13)17/h2-7,9,15H,8,18H2,1H3. The van der Waals surface area contributed by atoms with Crippen molar-refractivity contribution in [3.05, 3.63) is 67.7 Å². The Morgan fingerprint density at radius 2 is 1.94 bits per heavy atom. The maximum absolute atomic E-state index is 6.30. The third-order valence-electron chi connectivity index (χ3n) is 3.06. The zero-order valence-electron chi connectivity index (χ0n) is 10.2. The molecule has 2 N–H and O–H groups in total. The van der Waals surface area contributed by atoms with Gasteiger partial charge < -0.3 is 5.73 Å². The van der Waals surface area contributed by atoms with Crippen LogP contribution in [-0.2, 0) is 6.42 Å². The van der Waals surface area contributed by atoms with Gasteiger partial charge in [0.15, 0.2) is 0 Å². The van der Waals surface area contributed by atoms with Crippen molar-refractivity contribution < 1.29 is 0 Å². The summed E-state index contributed by atoms with van der Waals surface area (Å²) in [7, 11) is 0. The summed E-state index contributed by atoms with van der Waals surface area (Å²) in [5.41, 5.74) is 9.99. The molecule has 3 heteroatoms. The quantitative estimate of drug-likeness (QED) is 0.790. The predicted octanol–water partition coefficient (Wildman–Crippen LogP) is 4.50. The van der Waals surface area contributed by atoms with E-state index in [0.29, 0.717) is 0 Å². The van der Waals surface area contributed by atoms with Gasteiger partial charge in [-0.1, -0.05) is 35.9 Å². The first-order valence-corrected chi connectivity index (χ1v) is 7.28. The normalized spacial score (nSPS) is 12.4. The number of hydrogen-bond acceptors (Lipinski definition) is 1. The number of aryl methyl sites for hydroxylation is 1. The van der Waals surface area contributed by atoms with E-state index in [9.17, 15) is 0 Å². The first kappa shape index (κ1) is 13.8. The molecule has 0 aliphatic rings. The van der Waals surface area contributed by atoms with Crippen LogP contribution in [0.5, 0.6) is 0 Å². The van der Waals surface area contributed by atoms with Crippen molar-refractivity contribution in [2.45, 2.75) is 19.4 Å². The van der Waals surface area contributed by atoms with Crippen LogP contribution in [0.2, 0.25) is 5.02 Å². The molecular formula is C15H15ClIN. The molecule has 2 aromatic rings. The molecule has 0 radical (unpaired) electrons. The minimum absolute atomic E-state index is 0.0169. The molecule has 94 valence electrons. The molecule has 0 aliphatic carbocycles. The van der Waals surface area contributed by atoms with Crippen molar-refractivity contribution >= 4 is 34.2 Å². The minimum atomic E-state index is -0.0169. The molecule has 0 bridgehead atoms. The lowest BCUT2D eigenvalue weighted by atomic mass is 9.97. The number of hydrogen-bond donors (Lipinski definition) is 1. The molecule has 0 saturated heterocycles. The molecule has 1 atom stereocenters. The van der Waals surface area contributed by atoms with Gasteiger partial charge in [0.05, 0.1) is 0 Å². The van der Waals surface area contributed by atoms with Gasteiger partial charge in [0.2, 0.25) is 0 Å². The van der Waals surface area contributed by atoms with E-state index in [2.05, 4.69) is 47.7 Å². The second-order valence-electron chi connectivity index (χ2n) is 4.40. The molecule has 0 heterocycles. The van der Waals surface area contributed by atoms with Crippen LogP contribution < -0.4 is 5.73 Å². The Bertz CT molecular complexity index is 554. The number of benzene rings is 2. The number of nitrogens with two attached hydrogens (primary N) is 1. The Balaban J connectivity index is 2.25. The smallest absolute Gasteiger partial charge is 0.0410 e. The van der Waals surface area contributed by atoms with Gasteiger partial charge in [-0.2, -0.15) is 0 Å². The van der Waals surface area contributed by atoms with Crippen molar-refractivity contribution in [2.24, 2.45) is 5.73 Å². The van der Waals surface area contributed by atoms with E-state index in [1.54, 1.807) is 0 Å². The fourth-order valence-electron chi connectivity index (χ4n) is 1.98. The second-order valence-corrected chi connectivity index (χ2v) is 6.00. The molecular weight excluding hydrogens is 357 g/mol. The van der Waals surface area contributed by atoms with E-state index in [1.807, 2.05) is 24.3 Å². The third kappa shape index (κ3) is 3.25. The summed E-state index contributed by atoms with van der Waals surface area (Å²) in [4.78, 5) is 0. The Kier molecular flexibility index (Phi) is 4.65. The molecule has 18 heavy (non-hydrogen) atoms. The van der Waals surface area contributed by atoms with Crippen molar-refractivity contribution in [2.75, 3.05) is 0 Å². The number of rotatable bonds is 3. The highest BCUT2D eigenvalue weighted by atomic mass is 127. The van der Waals surface area contributed by atoms with Gasteiger partial charge >= 0.3 is 0 Å². The minimum Gasteiger partial charge on any atom is -0.324 e. The Hall–Kier alpha value is -0.580. The highest BCUT2D eigenvalue weighted by Gasteiger charge is 2.12. The topological polar surface area (TPSA) is 26.0 Å². The van der Waals surface area contributed by atoms with Gasteiger partial charge in [0.25, 0.3) is 0 Å². The molecule has 0 fully saturated rings. The second kappa shape index (κ2) is 6.04. The molecule has 1 unspecified atom stereocenters. The highest BCUT2D eigenvalue weighted by Crippen LogP contribution is 2.25. The van der Waals surface area contributed by atoms with E-state index >= 15 is 0 Å². The molecule has 0 saturated carbocycles. The van der Waals surface area contributed by atoms with Gasteiger partial charge in [-0.15, -0.1) is 0 Å². The Morgan fingerprint density at radius 1 is 1.22 bits per heavy atom. The summed E-state index contributed by atoms with van der Waals surface area (Å²) in [6, 6.07) is 14.2. The van der Waals surface area contributed by atoms with Crippen molar-refractivity contribution in [1.82, 2.24) is 0 Å². The average Bonchev–Trinajstić information content (AvgIpc) is 2.35. The van der Waals surface area contributed by atoms with E-state index in [1.165, 1.54) is 11.1 Å². The summed E-state index contributed by atoms with van der Waals surface area (Å²) in [5, 5.41) is 0.741. The zero-order chi connectivity index (χ0) is 13.1. The van der Waals surface area contributed by atoms with Gasteiger partial charge in [-0.3, -0.25) is 0 Å². The molecule has 0 amide bonds. The third-order valence-corrected chi connectivity index (χ3v) is 4.28. The van der Waals surface area contributed by atoms with E-state index in [4.69, 9.17) is 17.3 Å². The molecule has 2 aromatic carbocycles. The predicted molar refractivity (Wildman–Crippen MR) is 86.0 cm³/mol. The molecule has 0 aromatic heterocycles. The van der Waals surface area contributed by atoms with Gasteiger partial charge in [0.1, 0.15) is 0 Å². The lowest BCUT2D eigenvalue weighted by molar-refractivity contribution is 0.715. The van der Waals surface area contributed by atoms with Crippen LogP contribution in [-0.4, -0.2) is 0 Å². The SMILES string of the molecule is Cc1ccccc1CC(N)c1cc(Cl)ccc1I. The van der Waals surface area contributed by atoms with Crippen molar-refractivity contribution in [1.29, 1.82) is 0 Å². The fraction of sp³-hybridized carbons (Fsp3) is 0.200. The first-order valence-electron chi connectivity index (χ1n) is 5.83. The van der Waals surface area contributed by atoms with Crippen LogP contribution in [0.1, 0.15) is 22.7 Å². The lowest BCUT2D eigenvalue weighted by Gasteiger charge is -2.15. The fourth-order valence-corrected chi connectivity index (χ4v) is 2.90. The average molecular weight is 372 g/mol. The Labute approximate surface area is 126 Å². The van der Waals surface area contributed by atoms with E-state index in [0.717, 1.165) is 20.6 Å². The van der Waals surface area contributed by atoms with E-state index in [-0.39, 0.29) is 6.04 Å². The van der Waals surface area contributed by atoms with Crippen molar-refractivity contribution in [3.63, 3.8) is 0 Å². The van der Waals surface area contributed by atoms with Crippen LogP contribution in [0.15, 0.2) is 42.5 Å². The summed E-state index contributed by atoms with van der Waals surface area (Å²) in [6.07, 6.45) is 0.836. The lowest BCUT2D eigenvalue weighted by Crippen LogP contribution is -2.15. The van der Waals surface area contributed by atoms with Crippen LogP contribution in [0.4, 0.5) is 0 Å². The van der Waals surface area contributed by atoms with Gasteiger partial charge in [-0.25, -0.2) is 0 Å². The monoisotopic (exact) mass is 371 g/mol. The first-order chi connectivity index (χ1) is 8.58. The van der Waals surface area contributed by atoms with Gasteiger partial charge in [-0.05, 0) is 70.8 Å². The van der Waals surface area contributed by atoms with Crippen molar-refractivity contribution in [3.8, 4) is 0 Å². The molecule has 0 aliphatic heterocycles. The summed E-state index contributed by atoms with van der Waals surface area (Å²) in [6.45, 7) is 2.12. The van der Waals surface area contributed by atoms with Crippen LogP contribution in [0.25, 0.3) is 0 Å². The summed E-state index contributed by atoms with van der Waals surface area (Å²) in [5.74, 6) is 0. The maximum atomic E-state index is 6.30. The highest BCUT2D eigenvalue weighted by molar-refractivity contribution is 14.1. The zero-order valence-corrected chi connectivity index (χ0v) is 13.1. The summed E-state index contributed by atoms with van der Waals surface area (Å²) >= 11 is 8.34. The maximum Gasteiger partial charge on any atom is 0.0410 e.